The fourth-order valence-electron chi connectivity index (χ4n) is 5.05. The lowest BCUT2D eigenvalue weighted by molar-refractivity contribution is -0.138. The molecule has 2 aliphatic rings. The van der Waals surface area contributed by atoms with Gasteiger partial charge in [-0.05, 0) is 41.3 Å². The largest absolute Gasteiger partial charge is 0.340 e. The first-order valence-corrected chi connectivity index (χ1v) is 13.3. The maximum absolute atomic E-state index is 13.1. The summed E-state index contributed by atoms with van der Waals surface area (Å²) in [5.41, 5.74) is 1.32. The summed E-state index contributed by atoms with van der Waals surface area (Å²) in [6.45, 7) is 4.76. The molecule has 0 radical (unpaired) electrons. The molecule has 3 aromatic rings. The molecule has 34 heavy (non-hydrogen) atoms. The average molecular weight is 479 g/mol. The minimum Gasteiger partial charge on any atom is -0.340 e. The van der Waals surface area contributed by atoms with Crippen LogP contribution in [-0.2, 0) is 21.4 Å². The zero-order valence-electron chi connectivity index (χ0n) is 19.2. The highest BCUT2D eigenvalue weighted by atomic mass is 32.2. The van der Waals surface area contributed by atoms with E-state index in [0.717, 1.165) is 32.7 Å². The smallest absolute Gasteiger partial charge is 0.244 e. The second-order valence-electron chi connectivity index (χ2n) is 9.11. The van der Waals surface area contributed by atoms with E-state index in [0.29, 0.717) is 25.9 Å². The molecule has 2 aromatic carbocycles. The van der Waals surface area contributed by atoms with Crippen LogP contribution in [-0.4, -0.2) is 72.7 Å². The molecule has 1 aromatic heterocycles. The van der Waals surface area contributed by atoms with Crippen LogP contribution in [0.2, 0.25) is 0 Å². The van der Waals surface area contributed by atoms with Gasteiger partial charge in [0.15, 0.2) is 0 Å². The van der Waals surface area contributed by atoms with Gasteiger partial charge in [-0.2, -0.15) is 4.31 Å². The van der Waals surface area contributed by atoms with Crippen molar-refractivity contribution in [1.82, 2.24) is 19.1 Å². The van der Waals surface area contributed by atoms with Gasteiger partial charge in [0, 0.05) is 64.1 Å². The zero-order valence-corrected chi connectivity index (χ0v) is 20.0. The molecule has 3 heterocycles. The summed E-state index contributed by atoms with van der Waals surface area (Å²) in [5, 5.41) is 2.54. The molecule has 2 fully saturated rings. The number of carbonyl (C=O) groups is 1. The van der Waals surface area contributed by atoms with Gasteiger partial charge in [-0.1, -0.05) is 42.5 Å². The Kier molecular flexibility index (Phi) is 6.63. The van der Waals surface area contributed by atoms with Gasteiger partial charge in [0.05, 0.1) is 0 Å². The van der Waals surface area contributed by atoms with Crippen LogP contribution in [0.25, 0.3) is 10.8 Å². The van der Waals surface area contributed by atoms with Crippen molar-refractivity contribution in [2.75, 3.05) is 39.3 Å². The summed E-state index contributed by atoms with van der Waals surface area (Å²) < 4.78 is 27.1. The Morgan fingerprint density at radius 3 is 2.35 bits per heavy atom. The van der Waals surface area contributed by atoms with Gasteiger partial charge in [-0.15, -0.1) is 0 Å². The van der Waals surface area contributed by atoms with E-state index < -0.39 is 10.0 Å². The summed E-state index contributed by atoms with van der Waals surface area (Å²) in [7, 11) is -3.55. The molecular weight excluding hydrogens is 448 g/mol. The van der Waals surface area contributed by atoms with Crippen LogP contribution in [0, 0.1) is 5.92 Å². The first kappa shape index (κ1) is 23.0. The fraction of sp³-hybridized carbons (Fsp3) is 0.385. The molecule has 2 aliphatic heterocycles. The van der Waals surface area contributed by atoms with Crippen molar-refractivity contribution in [2.24, 2.45) is 5.92 Å². The number of rotatable bonds is 5. The Morgan fingerprint density at radius 2 is 1.62 bits per heavy atom. The van der Waals surface area contributed by atoms with E-state index in [1.807, 2.05) is 4.90 Å². The number of sulfonamides is 1. The monoisotopic (exact) mass is 478 g/mol. The van der Waals surface area contributed by atoms with E-state index >= 15 is 0 Å². The van der Waals surface area contributed by atoms with Gasteiger partial charge in [0.2, 0.25) is 15.9 Å². The summed E-state index contributed by atoms with van der Waals surface area (Å²) in [4.78, 5) is 21.7. The third-order valence-corrected chi connectivity index (χ3v) is 8.92. The molecular formula is C26H30N4O3S. The van der Waals surface area contributed by atoms with Gasteiger partial charge in [-0.25, -0.2) is 8.42 Å². The molecule has 0 aliphatic carbocycles. The predicted molar refractivity (Wildman–Crippen MR) is 132 cm³/mol. The maximum Gasteiger partial charge on any atom is 0.244 e. The van der Waals surface area contributed by atoms with Crippen LogP contribution < -0.4 is 0 Å². The van der Waals surface area contributed by atoms with Crippen molar-refractivity contribution in [1.29, 1.82) is 0 Å². The third-order valence-electron chi connectivity index (χ3n) is 7.03. The molecule has 0 unspecified atom stereocenters. The number of nitrogens with zero attached hydrogens (tertiary/aromatic N) is 4. The average Bonchev–Trinajstić information content (AvgIpc) is 2.89. The highest BCUT2D eigenvalue weighted by molar-refractivity contribution is 7.89. The van der Waals surface area contributed by atoms with Crippen molar-refractivity contribution in [3.63, 3.8) is 0 Å². The number of aromatic nitrogens is 1. The predicted octanol–water partition coefficient (Wildman–Crippen LogP) is 2.98. The lowest BCUT2D eigenvalue weighted by Crippen LogP contribution is -2.51. The highest BCUT2D eigenvalue weighted by Crippen LogP contribution is 2.26. The molecule has 8 heteroatoms. The Bertz CT molecular complexity index is 1240. The molecule has 5 rings (SSSR count). The van der Waals surface area contributed by atoms with E-state index in [-0.39, 0.29) is 16.7 Å². The lowest BCUT2D eigenvalue weighted by Gasteiger charge is -2.38. The molecule has 1 amide bonds. The second-order valence-corrected chi connectivity index (χ2v) is 11.0. The number of hydrogen-bond donors (Lipinski definition) is 0. The summed E-state index contributed by atoms with van der Waals surface area (Å²) in [6.07, 6.45) is 4.07. The molecule has 0 saturated carbocycles. The lowest BCUT2D eigenvalue weighted by atomic mass is 9.96. The number of benzene rings is 2. The van der Waals surface area contributed by atoms with Crippen LogP contribution in [0.5, 0.6) is 0 Å². The number of piperazine rings is 1. The normalized spacial score (nSPS) is 18.9. The highest BCUT2D eigenvalue weighted by Gasteiger charge is 2.34. The number of pyridine rings is 1. The fourth-order valence-corrected chi connectivity index (χ4v) is 6.48. The van der Waals surface area contributed by atoms with Gasteiger partial charge in [0.1, 0.15) is 4.90 Å². The molecule has 0 N–H and O–H groups in total. The van der Waals surface area contributed by atoms with E-state index in [4.69, 9.17) is 0 Å². The van der Waals surface area contributed by atoms with E-state index in [9.17, 15) is 13.2 Å². The van der Waals surface area contributed by atoms with Crippen LogP contribution in [0.15, 0.2) is 71.9 Å². The molecule has 0 atom stereocenters. The van der Waals surface area contributed by atoms with Crippen LogP contribution in [0.3, 0.4) is 0 Å². The van der Waals surface area contributed by atoms with Gasteiger partial charge < -0.3 is 4.90 Å². The standard InChI is InChI=1S/C26H30N4O3S/c31-26(22-10-13-30(14-11-22)34(32,33)24-8-4-12-27-19-24)29-17-15-28(16-18-29)20-23-7-3-6-21-5-1-2-9-25(21)23/h1-9,12,19,22H,10-11,13-18,20H2. The number of piperidine rings is 1. The number of hydrogen-bond acceptors (Lipinski definition) is 5. The Labute approximate surface area is 201 Å². The minimum absolute atomic E-state index is 0.107. The van der Waals surface area contributed by atoms with Crippen LogP contribution in [0.4, 0.5) is 0 Å². The quantitative estimate of drug-likeness (QED) is 0.564. The van der Waals surface area contributed by atoms with Crippen molar-refractivity contribution < 1.29 is 13.2 Å². The molecule has 2 saturated heterocycles. The summed E-state index contributed by atoms with van der Waals surface area (Å²) in [6, 6.07) is 18.1. The molecule has 178 valence electrons. The first-order chi connectivity index (χ1) is 16.5. The Balaban J connectivity index is 1.14. The SMILES string of the molecule is O=C(C1CCN(S(=O)(=O)c2cccnc2)CC1)N1CCN(Cc2cccc3ccccc23)CC1. The van der Waals surface area contributed by atoms with Gasteiger partial charge in [0.25, 0.3) is 0 Å². The molecule has 0 spiro atoms. The maximum atomic E-state index is 13.1. The van der Waals surface area contributed by atoms with Crippen LogP contribution in [0.1, 0.15) is 18.4 Å². The van der Waals surface area contributed by atoms with Crippen molar-refractivity contribution in [3.8, 4) is 0 Å². The van der Waals surface area contributed by atoms with E-state index in [1.165, 1.54) is 26.8 Å². The summed E-state index contributed by atoms with van der Waals surface area (Å²) >= 11 is 0. The zero-order chi connectivity index (χ0) is 23.5. The van der Waals surface area contributed by atoms with Gasteiger partial charge in [-0.3, -0.25) is 14.7 Å². The van der Waals surface area contributed by atoms with Crippen LogP contribution >= 0.6 is 0 Å². The van der Waals surface area contributed by atoms with Gasteiger partial charge >= 0.3 is 0 Å². The number of fused-ring (bicyclic) bond motifs is 1. The first-order valence-electron chi connectivity index (χ1n) is 11.9. The second kappa shape index (κ2) is 9.82. The van der Waals surface area contributed by atoms with Crippen molar-refractivity contribution in [2.45, 2.75) is 24.3 Å². The Morgan fingerprint density at radius 1 is 0.882 bits per heavy atom. The number of amides is 1. The molecule has 7 nitrogen and oxygen atoms in total. The molecule has 0 bridgehead atoms. The Hall–Kier alpha value is -2.81. The number of carbonyl (C=O) groups excluding carboxylic acids is 1. The van der Waals surface area contributed by atoms with E-state index in [1.54, 1.807) is 18.3 Å². The third kappa shape index (κ3) is 4.71. The van der Waals surface area contributed by atoms with Crippen molar-refractivity contribution in [3.05, 3.63) is 72.6 Å². The summed E-state index contributed by atoms with van der Waals surface area (Å²) in [5.74, 6) is 0.0631. The van der Waals surface area contributed by atoms with Crippen molar-refractivity contribution >= 4 is 26.7 Å². The van der Waals surface area contributed by atoms with E-state index in [2.05, 4.69) is 52.3 Å². The minimum atomic E-state index is -3.55. The topological polar surface area (TPSA) is 73.8 Å².